The summed E-state index contributed by atoms with van der Waals surface area (Å²) < 4.78 is 33.9. The molecule has 0 spiro atoms. The van der Waals surface area contributed by atoms with Crippen LogP contribution in [0.25, 0.3) is 0 Å². The molecule has 0 radical (unpaired) electrons. The van der Waals surface area contributed by atoms with Crippen LogP contribution in [-0.4, -0.2) is 41.6 Å². The molecule has 7 nitrogen and oxygen atoms in total. The molecule has 134 valence electrons. The Hall–Kier alpha value is -2.19. The zero-order valence-corrected chi connectivity index (χ0v) is 15.3. The Labute approximate surface area is 147 Å². The smallest absolute Gasteiger partial charge is 0.359 e. The highest BCUT2D eigenvalue weighted by Gasteiger charge is 2.33. The topological polar surface area (TPSA) is 81.5 Å². The summed E-state index contributed by atoms with van der Waals surface area (Å²) in [4.78, 5) is 12.4. The second kappa shape index (κ2) is 6.61. The van der Waals surface area contributed by atoms with E-state index in [0.717, 1.165) is 11.3 Å². The minimum atomic E-state index is -3.62. The van der Waals surface area contributed by atoms with Crippen LogP contribution in [-0.2, 0) is 34.8 Å². The summed E-state index contributed by atoms with van der Waals surface area (Å²) in [5.74, 6) is -0.520. The predicted molar refractivity (Wildman–Crippen MR) is 91.6 cm³/mol. The van der Waals surface area contributed by atoms with Crippen molar-refractivity contribution < 1.29 is 17.9 Å². The molecule has 1 aromatic heterocycles. The number of aryl methyl sites for hydroxylation is 2. The molecule has 0 saturated heterocycles. The van der Waals surface area contributed by atoms with Gasteiger partial charge in [0.15, 0.2) is 5.69 Å². The van der Waals surface area contributed by atoms with Crippen molar-refractivity contribution in [2.75, 3.05) is 13.2 Å². The molecule has 1 aliphatic rings. The van der Waals surface area contributed by atoms with Gasteiger partial charge < -0.3 is 4.74 Å². The monoisotopic (exact) mass is 363 g/mol. The second-order valence-corrected chi connectivity index (χ2v) is 7.96. The average molecular weight is 363 g/mol. The van der Waals surface area contributed by atoms with E-state index < -0.39 is 16.0 Å². The van der Waals surface area contributed by atoms with Crippen LogP contribution in [0.1, 0.15) is 34.2 Å². The number of esters is 1. The van der Waals surface area contributed by atoms with Crippen LogP contribution in [0.5, 0.6) is 0 Å². The fourth-order valence-corrected chi connectivity index (χ4v) is 4.40. The summed E-state index contributed by atoms with van der Waals surface area (Å²) in [6, 6.07) is 6.76. The summed E-state index contributed by atoms with van der Waals surface area (Å²) in [6.07, 6.45) is 0.503. The van der Waals surface area contributed by atoms with Crippen molar-refractivity contribution in [2.24, 2.45) is 7.05 Å². The summed E-state index contributed by atoms with van der Waals surface area (Å²) >= 11 is 0. The molecule has 1 aromatic carbocycles. The number of hydrogen-bond acceptors (Lipinski definition) is 5. The third-order valence-electron chi connectivity index (χ3n) is 4.33. The molecule has 0 aliphatic carbocycles. The summed E-state index contributed by atoms with van der Waals surface area (Å²) in [5.41, 5.74) is 2.70. The molecule has 0 fully saturated rings. The minimum absolute atomic E-state index is 0.119. The van der Waals surface area contributed by atoms with Gasteiger partial charge in [-0.2, -0.15) is 9.40 Å². The van der Waals surface area contributed by atoms with Crippen molar-refractivity contribution in [1.82, 2.24) is 14.1 Å². The van der Waals surface area contributed by atoms with Crippen molar-refractivity contribution in [1.29, 1.82) is 0 Å². The van der Waals surface area contributed by atoms with Crippen molar-refractivity contribution in [3.63, 3.8) is 0 Å². The van der Waals surface area contributed by atoms with Crippen LogP contribution >= 0.6 is 0 Å². The number of fused-ring (bicyclic) bond motifs is 1. The first-order valence-corrected chi connectivity index (χ1v) is 9.57. The number of nitrogens with zero attached hydrogens (tertiary/aromatic N) is 3. The van der Waals surface area contributed by atoms with Gasteiger partial charge in [-0.3, -0.25) is 4.68 Å². The molecule has 0 N–H and O–H groups in total. The maximum Gasteiger partial charge on any atom is 0.359 e. The van der Waals surface area contributed by atoms with E-state index in [4.69, 9.17) is 4.74 Å². The van der Waals surface area contributed by atoms with Crippen LogP contribution < -0.4 is 0 Å². The number of ether oxygens (including phenoxy) is 1. The number of hydrogen-bond donors (Lipinski definition) is 0. The fraction of sp³-hybridized carbons (Fsp3) is 0.412. The maximum atomic E-state index is 12.9. The van der Waals surface area contributed by atoms with E-state index in [1.165, 1.54) is 4.31 Å². The molecule has 2 aromatic rings. The van der Waals surface area contributed by atoms with Crippen molar-refractivity contribution >= 4 is 16.0 Å². The SMILES string of the molecule is CCOC(=O)c1nn(C)c2c1CN(S(=O)(=O)c1ccc(C)cc1)CC2. The zero-order chi connectivity index (χ0) is 18.2. The zero-order valence-electron chi connectivity index (χ0n) is 14.5. The van der Waals surface area contributed by atoms with Crippen molar-refractivity contribution in [3.05, 3.63) is 46.8 Å². The maximum absolute atomic E-state index is 12.9. The van der Waals surface area contributed by atoms with E-state index in [1.807, 2.05) is 6.92 Å². The first-order chi connectivity index (χ1) is 11.8. The molecule has 0 unspecified atom stereocenters. The van der Waals surface area contributed by atoms with Crippen LogP contribution in [0, 0.1) is 6.92 Å². The molecular weight excluding hydrogens is 342 g/mol. The van der Waals surface area contributed by atoms with E-state index in [-0.39, 0.29) is 23.7 Å². The highest BCUT2D eigenvalue weighted by Crippen LogP contribution is 2.27. The number of sulfonamides is 1. The molecular formula is C17H21N3O4S. The molecule has 25 heavy (non-hydrogen) atoms. The van der Waals surface area contributed by atoms with Gasteiger partial charge in [0, 0.05) is 37.8 Å². The summed E-state index contributed by atoms with van der Waals surface area (Å²) in [6.45, 7) is 4.35. The molecule has 8 heteroatoms. The lowest BCUT2D eigenvalue weighted by atomic mass is 10.1. The lowest BCUT2D eigenvalue weighted by molar-refractivity contribution is 0.0516. The number of carbonyl (C=O) groups excluding carboxylic acids is 1. The normalized spacial score (nSPS) is 15.0. The van der Waals surface area contributed by atoms with E-state index in [0.29, 0.717) is 18.5 Å². The van der Waals surface area contributed by atoms with Gasteiger partial charge in [-0.1, -0.05) is 17.7 Å². The van der Waals surface area contributed by atoms with Gasteiger partial charge in [0.25, 0.3) is 0 Å². The van der Waals surface area contributed by atoms with Gasteiger partial charge in [0.05, 0.1) is 11.5 Å². The van der Waals surface area contributed by atoms with Gasteiger partial charge in [0.2, 0.25) is 10.0 Å². The number of rotatable bonds is 4. The van der Waals surface area contributed by atoms with Crippen molar-refractivity contribution in [2.45, 2.75) is 31.7 Å². The Morgan fingerprint density at radius 2 is 1.96 bits per heavy atom. The first kappa shape index (κ1) is 17.6. The number of benzene rings is 1. The molecule has 1 aliphatic heterocycles. The third kappa shape index (κ3) is 3.19. The molecule has 2 heterocycles. The summed E-state index contributed by atoms with van der Waals surface area (Å²) in [5, 5.41) is 4.23. The molecule has 0 saturated carbocycles. The number of carbonyl (C=O) groups is 1. The van der Waals surface area contributed by atoms with Crippen LogP contribution in [0.3, 0.4) is 0 Å². The Bertz CT molecular complexity index is 901. The largest absolute Gasteiger partial charge is 0.461 e. The van der Waals surface area contributed by atoms with Gasteiger partial charge in [0.1, 0.15) is 0 Å². The molecule has 0 atom stereocenters. The summed E-state index contributed by atoms with van der Waals surface area (Å²) in [7, 11) is -1.87. The third-order valence-corrected chi connectivity index (χ3v) is 6.19. The lowest BCUT2D eigenvalue weighted by Crippen LogP contribution is -2.36. The highest BCUT2D eigenvalue weighted by atomic mass is 32.2. The van der Waals surface area contributed by atoms with Gasteiger partial charge in [-0.25, -0.2) is 13.2 Å². The molecule has 3 rings (SSSR count). The van der Waals surface area contributed by atoms with E-state index in [2.05, 4.69) is 5.10 Å². The van der Waals surface area contributed by atoms with E-state index >= 15 is 0 Å². The van der Waals surface area contributed by atoms with Crippen molar-refractivity contribution in [3.8, 4) is 0 Å². The van der Waals surface area contributed by atoms with E-state index in [1.54, 1.807) is 42.9 Å². The fourth-order valence-electron chi connectivity index (χ4n) is 3.00. The highest BCUT2D eigenvalue weighted by molar-refractivity contribution is 7.89. The first-order valence-electron chi connectivity index (χ1n) is 8.13. The van der Waals surface area contributed by atoms with E-state index in [9.17, 15) is 13.2 Å². The second-order valence-electron chi connectivity index (χ2n) is 6.02. The molecule has 0 amide bonds. The van der Waals surface area contributed by atoms with Gasteiger partial charge >= 0.3 is 5.97 Å². The standard InChI is InChI=1S/C17H21N3O4S/c1-4-24-17(21)16-14-11-20(10-9-15(14)19(3)18-16)25(22,23)13-7-5-12(2)6-8-13/h5-8H,4,9-11H2,1-3H3. The average Bonchev–Trinajstić information content (AvgIpc) is 2.92. The Morgan fingerprint density at radius 1 is 1.28 bits per heavy atom. The Morgan fingerprint density at radius 3 is 2.60 bits per heavy atom. The van der Waals surface area contributed by atoms with Crippen LogP contribution in [0.15, 0.2) is 29.2 Å². The van der Waals surface area contributed by atoms with Crippen LogP contribution in [0.4, 0.5) is 0 Å². The van der Waals surface area contributed by atoms with Gasteiger partial charge in [-0.15, -0.1) is 0 Å². The Kier molecular flexibility index (Phi) is 4.66. The minimum Gasteiger partial charge on any atom is -0.461 e. The Balaban J connectivity index is 1.95. The predicted octanol–water partition coefficient (Wildman–Crippen LogP) is 1.65. The molecule has 0 bridgehead atoms. The van der Waals surface area contributed by atoms with Crippen LogP contribution in [0.2, 0.25) is 0 Å². The quantitative estimate of drug-likeness (QED) is 0.772. The number of aromatic nitrogens is 2. The lowest BCUT2D eigenvalue weighted by Gasteiger charge is -2.26. The van der Waals surface area contributed by atoms with Gasteiger partial charge in [-0.05, 0) is 26.0 Å².